The zero-order valence-electron chi connectivity index (χ0n) is 19.9. The van der Waals surface area contributed by atoms with Crippen LogP contribution in [0.25, 0.3) is 0 Å². The number of anilines is 1. The molecule has 0 fully saturated rings. The van der Waals surface area contributed by atoms with Crippen molar-refractivity contribution in [3.05, 3.63) is 47.9 Å². The largest absolute Gasteiger partial charge is 0.491 e. The number of nitrogens with zero attached hydrogens (tertiary/aromatic N) is 4. The van der Waals surface area contributed by atoms with Gasteiger partial charge >= 0.3 is 0 Å². The number of para-hydroxylation sites is 1. The van der Waals surface area contributed by atoms with Crippen LogP contribution in [0.2, 0.25) is 0 Å². The van der Waals surface area contributed by atoms with Crippen LogP contribution in [0.1, 0.15) is 67.3 Å². The molecule has 0 saturated carbocycles. The Kier molecular flexibility index (Phi) is 8.63. The third kappa shape index (κ3) is 6.00. The molecule has 2 aromatic rings. The maximum Gasteiger partial charge on any atom is 0.276 e. The van der Waals surface area contributed by atoms with Gasteiger partial charge in [0.1, 0.15) is 12.4 Å². The zero-order valence-corrected chi connectivity index (χ0v) is 19.9. The Hall–Kier alpha value is -3.16. The Morgan fingerprint density at radius 2 is 1.82 bits per heavy atom. The second-order valence-electron chi connectivity index (χ2n) is 8.71. The number of amides is 2. The molecule has 8 nitrogen and oxygen atoms in total. The zero-order chi connectivity index (χ0) is 23.8. The molecule has 2 heterocycles. The summed E-state index contributed by atoms with van der Waals surface area (Å²) in [6.07, 6.45) is 6.69. The second-order valence-corrected chi connectivity index (χ2v) is 8.71. The van der Waals surface area contributed by atoms with Gasteiger partial charge in [0.25, 0.3) is 11.8 Å². The molecule has 178 valence electrons. The molecular weight excluding hydrogens is 418 g/mol. The smallest absolute Gasteiger partial charge is 0.276 e. The maximum absolute atomic E-state index is 13.5. The molecule has 1 aliphatic heterocycles. The molecule has 0 bridgehead atoms. The topological polar surface area (TPSA) is 102 Å². The lowest BCUT2D eigenvalue weighted by Crippen LogP contribution is -2.47. The van der Waals surface area contributed by atoms with E-state index in [9.17, 15) is 9.59 Å². The number of fused-ring (bicyclic) bond motifs is 1. The summed E-state index contributed by atoms with van der Waals surface area (Å²) in [6.45, 7) is 8.33. The Morgan fingerprint density at radius 1 is 1.12 bits per heavy atom. The van der Waals surface area contributed by atoms with E-state index in [1.165, 1.54) is 12.4 Å². The summed E-state index contributed by atoms with van der Waals surface area (Å²) in [5, 5.41) is 0. The molecule has 0 unspecified atom stereocenters. The van der Waals surface area contributed by atoms with Gasteiger partial charge < -0.3 is 20.3 Å². The maximum atomic E-state index is 13.5. The summed E-state index contributed by atoms with van der Waals surface area (Å²) in [4.78, 5) is 38.6. The minimum absolute atomic E-state index is 0.0217. The van der Waals surface area contributed by atoms with Crippen LogP contribution >= 0.6 is 0 Å². The SMILES string of the molecule is CCN1CCCCCCN(C(=O)c2nccnc2N)[C@@H](C(C)C)COc2ccccc2C1=O. The van der Waals surface area contributed by atoms with E-state index in [0.29, 0.717) is 30.9 Å². The van der Waals surface area contributed by atoms with Crippen molar-refractivity contribution in [2.75, 3.05) is 32.0 Å². The van der Waals surface area contributed by atoms with Crippen LogP contribution in [0, 0.1) is 5.92 Å². The highest BCUT2D eigenvalue weighted by Crippen LogP contribution is 2.24. The minimum atomic E-state index is -0.239. The van der Waals surface area contributed by atoms with Crippen molar-refractivity contribution >= 4 is 17.6 Å². The third-order valence-electron chi connectivity index (χ3n) is 6.13. The fourth-order valence-electron chi connectivity index (χ4n) is 4.17. The van der Waals surface area contributed by atoms with Crippen LogP contribution in [-0.4, -0.2) is 63.9 Å². The van der Waals surface area contributed by atoms with Gasteiger partial charge in [-0.1, -0.05) is 38.8 Å². The fraction of sp³-hybridized carbons (Fsp3) is 0.520. The third-order valence-corrected chi connectivity index (χ3v) is 6.13. The van der Waals surface area contributed by atoms with Crippen molar-refractivity contribution in [2.24, 2.45) is 5.92 Å². The normalized spacial score (nSPS) is 18.4. The van der Waals surface area contributed by atoms with E-state index in [1.807, 2.05) is 34.9 Å². The van der Waals surface area contributed by atoms with Gasteiger partial charge in [-0.15, -0.1) is 0 Å². The molecule has 0 aliphatic carbocycles. The van der Waals surface area contributed by atoms with Gasteiger partial charge in [-0.05, 0) is 37.8 Å². The Balaban J connectivity index is 1.94. The van der Waals surface area contributed by atoms with Gasteiger partial charge in [0.15, 0.2) is 11.5 Å². The van der Waals surface area contributed by atoms with Crippen LogP contribution in [0.4, 0.5) is 5.82 Å². The molecular formula is C25H35N5O3. The summed E-state index contributed by atoms with van der Waals surface area (Å²) in [7, 11) is 0. The van der Waals surface area contributed by atoms with E-state index >= 15 is 0 Å². The van der Waals surface area contributed by atoms with E-state index in [4.69, 9.17) is 10.5 Å². The predicted octanol–water partition coefficient (Wildman–Crippen LogP) is 3.64. The Morgan fingerprint density at radius 3 is 2.52 bits per heavy atom. The molecule has 1 aromatic carbocycles. The van der Waals surface area contributed by atoms with Gasteiger partial charge in [-0.25, -0.2) is 9.97 Å². The van der Waals surface area contributed by atoms with Crippen LogP contribution in [0.15, 0.2) is 36.7 Å². The number of nitrogen functional groups attached to an aromatic ring is 1. The summed E-state index contributed by atoms with van der Waals surface area (Å²) in [6, 6.07) is 7.12. The molecule has 0 spiro atoms. The summed E-state index contributed by atoms with van der Waals surface area (Å²) in [5.74, 6) is 0.522. The van der Waals surface area contributed by atoms with Crippen LogP contribution in [0.5, 0.6) is 5.75 Å². The molecule has 33 heavy (non-hydrogen) atoms. The van der Waals surface area contributed by atoms with Gasteiger partial charge in [0, 0.05) is 32.0 Å². The molecule has 0 radical (unpaired) electrons. The number of benzene rings is 1. The summed E-state index contributed by atoms with van der Waals surface area (Å²) < 4.78 is 6.21. The molecule has 1 aliphatic rings. The van der Waals surface area contributed by atoms with Crippen molar-refractivity contribution in [3.63, 3.8) is 0 Å². The number of aromatic nitrogens is 2. The van der Waals surface area contributed by atoms with Gasteiger partial charge in [0.2, 0.25) is 0 Å². The first-order valence-corrected chi connectivity index (χ1v) is 11.8. The summed E-state index contributed by atoms with van der Waals surface area (Å²) >= 11 is 0. The molecule has 2 N–H and O–H groups in total. The van der Waals surface area contributed by atoms with E-state index in [0.717, 1.165) is 25.7 Å². The average Bonchev–Trinajstić information content (AvgIpc) is 2.81. The van der Waals surface area contributed by atoms with E-state index in [2.05, 4.69) is 23.8 Å². The first-order chi connectivity index (χ1) is 15.9. The Bertz CT molecular complexity index is 949. The predicted molar refractivity (Wildman–Crippen MR) is 128 cm³/mol. The van der Waals surface area contributed by atoms with Crippen molar-refractivity contribution < 1.29 is 14.3 Å². The highest BCUT2D eigenvalue weighted by Gasteiger charge is 2.30. The van der Waals surface area contributed by atoms with E-state index in [1.54, 1.807) is 6.07 Å². The van der Waals surface area contributed by atoms with Gasteiger partial charge in [-0.3, -0.25) is 9.59 Å². The molecule has 0 saturated heterocycles. The van der Waals surface area contributed by atoms with E-state index < -0.39 is 0 Å². The molecule has 1 atom stereocenters. The molecule has 3 rings (SSSR count). The highest BCUT2D eigenvalue weighted by atomic mass is 16.5. The number of carbonyl (C=O) groups excluding carboxylic acids is 2. The quantitative estimate of drug-likeness (QED) is 0.761. The van der Waals surface area contributed by atoms with Crippen LogP contribution in [0.3, 0.4) is 0 Å². The van der Waals surface area contributed by atoms with Crippen molar-refractivity contribution in [3.8, 4) is 5.75 Å². The average molecular weight is 454 g/mol. The number of hydrogen-bond acceptors (Lipinski definition) is 6. The Labute approximate surface area is 196 Å². The van der Waals surface area contributed by atoms with Crippen molar-refractivity contribution in [2.45, 2.75) is 52.5 Å². The molecule has 8 heteroatoms. The lowest BCUT2D eigenvalue weighted by molar-refractivity contribution is 0.0517. The molecule has 1 aromatic heterocycles. The van der Waals surface area contributed by atoms with Crippen LogP contribution in [-0.2, 0) is 0 Å². The highest BCUT2D eigenvalue weighted by molar-refractivity contribution is 5.97. The number of nitrogens with two attached hydrogens (primary N) is 1. The standard InChI is InChI=1S/C25H35N5O3/c1-4-29-15-9-5-6-10-16-30(25(32)22-23(26)28-14-13-27-22)20(18(2)3)17-33-21-12-8-7-11-19(21)24(29)31/h7-8,11-14,18,20H,4-6,9-10,15-17H2,1-3H3,(H2,26,28)/t20-/m1/s1. The fourth-order valence-corrected chi connectivity index (χ4v) is 4.17. The van der Waals surface area contributed by atoms with Crippen molar-refractivity contribution in [1.82, 2.24) is 19.8 Å². The summed E-state index contributed by atoms with van der Waals surface area (Å²) in [5.41, 5.74) is 6.69. The van der Waals surface area contributed by atoms with Gasteiger partial charge in [-0.2, -0.15) is 0 Å². The van der Waals surface area contributed by atoms with Crippen molar-refractivity contribution in [1.29, 1.82) is 0 Å². The second kappa shape index (κ2) is 11.6. The van der Waals surface area contributed by atoms with Gasteiger partial charge in [0.05, 0.1) is 11.6 Å². The minimum Gasteiger partial charge on any atom is -0.491 e. The number of carbonyl (C=O) groups is 2. The lowest BCUT2D eigenvalue weighted by Gasteiger charge is -2.35. The first-order valence-electron chi connectivity index (χ1n) is 11.8. The van der Waals surface area contributed by atoms with Crippen LogP contribution < -0.4 is 10.5 Å². The first kappa shape index (κ1) is 24.5. The number of hydrogen-bond donors (Lipinski definition) is 1. The molecule has 2 amide bonds. The number of rotatable bonds is 3. The number of ether oxygens (including phenoxy) is 1. The lowest BCUT2D eigenvalue weighted by atomic mass is 10.0. The monoisotopic (exact) mass is 453 g/mol. The van der Waals surface area contributed by atoms with E-state index in [-0.39, 0.29) is 41.9 Å².